The number of halogens is 1. The van der Waals surface area contributed by atoms with Crippen LogP contribution in [0.5, 0.6) is 11.5 Å². The van der Waals surface area contributed by atoms with E-state index in [-0.39, 0.29) is 17.6 Å². The van der Waals surface area contributed by atoms with Crippen molar-refractivity contribution in [3.63, 3.8) is 0 Å². The van der Waals surface area contributed by atoms with Crippen LogP contribution >= 0.6 is 0 Å². The molecule has 0 saturated carbocycles. The van der Waals surface area contributed by atoms with Crippen LogP contribution in [0.25, 0.3) is 0 Å². The molecule has 1 heterocycles. The number of nitrogens with two attached hydrogens (primary N) is 1. The van der Waals surface area contributed by atoms with Crippen molar-refractivity contribution in [2.45, 2.75) is 5.92 Å². The highest BCUT2D eigenvalue weighted by Gasteiger charge is 2.30. The first-order chi connectivity index (χ1) is 10.6. The molecule has 0 unspecified atom stereocenters. The summed E-state index contributed by atoms with van der Waals surface area (Å²) in [7, 11) is 1.56. The minimum Gasteiger partial charge on any atom is -0.497 e. The van der Waals surface area contributed by atoms with Crippen LogP contribution < -0.4 is 15.2 Å². The molecule has 1 aliphatic heterocycles. The Morgan fingerprint density at radius 2 is 1.95 bits per heavy atom. The second kappa shape index (κ2) is 5.41. The van der Waals surface area contributed by atoms with Crippen LogP contribution in [-0.2, 0) is 0 Å². The third kappa shape index (κ3) is 2.25. The Morgan fingerprint density at radius 3 is 2.59 bits per heavy atom. The number of fused-ring (bicyclic) bond motifs is 1. The highest BCUT2D eigenvalue weighted by molar-refractivity contribution is 5.57. The van der Waals surface area contributed by atoms with E-state index in [2.05, 4.69) is 6.07 Å². The zero-order chi connectivity index (χ0) is 15.7. The average molecular weight is 296 g/mol. The Balaban J connectivity index is 2.18. The minimum atomic E-state index is -0.389. The number of allylic oxidation sites excluding steroid dienone is 1. The smallest absolute Gasteiger partial charge is 0.205 e. The number of ether oxygens (including phenoxy) is 2. The van der Waals surface area contributed by atoms with E-state index in [4.69, 9.17) is 15.2 Å². The van der Waals surface area contributed by atoms with Gasteiger partial charge in [-0.2, -0.15) is 5.26 Å². The van der Waals surface area contributed by atoms with Crippen LogP contribution in [0.4, 0.5) is 4.39 Å². The molecule has 0 aromatic heterocycles. The summed E-state index contributed by atoms with van der Waals surface area (Å²) in [5, 5.41) is 9.41. The number of methoxy groups -OCH3 is 1. The SMILES string of the molecule is COc1ccc2c(c1)OC(N)=C(C#N)[C@H]2c1ccc(F)cc1. The number of rotatable bonds is 2. The van der Waals surface area contributed by atoms with Crippen molar-refractivity contribution < 1.29 is 13.9 Å². The number of hydrogen-bond donors (Lipinski definition) is 1. The molecule has 5 heteroatoms. The molecule has 0 aliphatic carbocycles. The fraction of sp³-hybridized carbons (Fsp3) is 0.118. The van der Waals surface area contributed by atoms with Gasteiger partial charge < -0.3 is 15.2 Å². The monoisotopic (exact) mass is 296 g/mol. The summed E-state index contributed by atoms with van der Waals surface area (Å²) in [6.07, 6.45) is 0. The average Bonchev–Trinajstić information content (AvgIpc) is 2.54. The van der Waals surface area contributed by atoms with Gasteiger partial charge in [-0.3, -0.25) is 0 Å². The van der Waals surface area contributed by atoms with Gasteiger partial charge in [-0.1, -0.05) is 18.2 Å². The maximum atomic E-state index is 13.2. The number of nitriles is 1. The van der Waals surface area contributed by atoms with Crippen LogP contribution in [0.3, 0.4) is 0 Å². The van der Waals surface area contributed by atoms with E-state index in [1.54, 1.807) is 31.4 Å². The van der Waals surface area contributed by atoms with Gasteiger partial charge >= 0.3 is 0 Å². The number of benzene rings is 2. The summed E-state index contributed by atoms with van der Waals surface area (Å²) in [5.41, 5.74) is 7.75. The van der Waals surface area contributed by atoms with Crippen molar-refractivity contribution in [3.8, 4) is 17.6 Å². The first-order valence-electron chi connectivity index (χ1n) is 6.65. The third-order valence-electron chi connectivity index (χ3n) is 3.63. The molecule has 110 valence electrons. The molecule has 4 nitrogen and oxygen atoms in total. The molecule has 0 amide bonds. The van der Waals surface area contributed by atoms with Gasteiger partial charge in [0.15, 0.2) is 0 Å². The molecule has 2 aromatic rings. The zero-order valence-corrected chi connectivity index (χ0v) is 11.8. The lowest BCUT2D eigenvalue weighted by Gasteiger charge is -2.26. The first-order valence-corrected chi connectivity index (χ1v) is 6.65. The van der Waals surface area contributed by atoms with Crippen molar-refractivity contribution in [2.75, 3.05) is 7.11 Å². The van der Waals surface area contributed by atoms with Gasteiger partial charge in [-0.05, 0) is 23.8 Å². The van der Waals surface area contributed by atoms with Gasteiger partial charge in [0.2, 0.25) is 5.88 Å². The number of nitrogens with zero attached hydrogens (tertiary/aromatic N) is 1. The van der Waals surface area contributed by atoms with Crippen molar-refractivity contribution in [2.24, 2.45) is 5.73 Å². The Kier molecular flexibility index (Phi) is 3.43. The summed E-state index contributed by atoms with van der Waals surface area (Å²) in [6, 6.07) is 13.4. The Labute approximate surface area is 127 Å². The lowest BCUT2D eigenvalue weighted by atomic mass is 9.83. The lowest BCUT2D eigenvalue weighted by molar-refractivity contribution is 0.381. The zero-order valence-electron chi connectivity index (χ0n) is 11.8. The van der Waals surface area contributed by atoms with E-state index in [0.29, 0.717) is 17.1 Å². The second-order valence-electron chi connectivity index (χ2n) is 4.88. The van der Waals surface area contributed by atoms with Gasteiger partial charge in [0, 0.05) is 11.6 Å². The normalized spacial score (nSPS) is 16.5. The summed E-state index contributed by atoms with van der Waals surface area (Å²) in [6.45, 7) is 0. The summed E-state index contributed by atoms with van der Waals surface area (Å²) >= 11 is 0. The molecule has 0 bridgehead atoms. The van der Waals surface area contributed by atoms with Gasteiger partial charge in [0.25, 0.3) is 0 Å². The van der Waals surface area contributed by atoms with Gasteiger partial charge in [0.1, 0.15) is 29.0 Å². The summed E-state index contributed by atoms with van der Waals surface area (Å²) in [5.74, 6) is 0.494. The fourth-order valence-corrected chi connectivity index (χ4v) is 2.56. The van der Waals surface area contributed by atoms with Crippen LogP contribution in [0, 0.1) is 17.1 Å². The van der Waals surface area contributed by atoms with Gasteiger partial charge in [-0.25, -0.2) is 4.39 Å². The molecule has 3 rings (SSSR count). The lowest BCUT2D eigenvalue weighted by Crippen LogP contribution is -2.21. The highest BCUT2D eigenvalue weighted by Crippen LogP contribution is 2.43. The largest absolute Gasteiger partial charge is 0.497 e. The topological polar surface area (TPSA) is 68.3 Å². The molecule has 1 atom stereocenters. The van der Waals surface area contributed by atoms with Crippen molar-refractivity contribution >= 4 is 0 Å². The van der Waals surface area contributed by atoms with Gasteiger partial charge in [-0.15, -0.1) is 0 Å². The quantitative estimate of drug-likeness (QED) is 0.924. The van der Waals surface area contributed by atoms with E-state index in [9.17, 15) is 9.65 Å². The van der Waals surface area contributed by atoms with Crippen LogP contribution in [0.15, 0.2) is 53.9 Å². The molecule has 2 N–H and O–H groups in total. The molecule has 0 saturated heterocycles. The molecule has 2 aromatic carbocycles. The Hall–Kier alpha value is -3.00. The Bertz CT molecular complexity index is 791. The highest BCUT2D eigenvalue weighted by atomic mass is 19.1. The standard InChI is InChI=1S/C17H13FN2O2/c1-21-12-6-7-13-15(8-12)22-17(20)14(9-19)16(13)10-2-4-11(18)5-3-10/h2-8,16H,20H2,1H3/t16-/m0/s1. The molecular formula is C17H13FN2O2. The Morgan fingerprint density at radius 1 is 1.23 bits per heavy atom. The second-order valence-corrected chi connectivity index (χ2v) is 4.88. The summed E-state index contributed by atoms with van der Waals surface area (Å²) in [4.78, 5) is 0. The van der Waals surface area contributed by atoms with E-state index in [1.807, 2.05) is 6.07 Å². The van der Waals surface area contributed by atoms with E-state index in [1.165, 1.54) is 12.1 Å². The molecule has 22 heavy (non-hydrogen) atoms. The van der Waals surface area contributed by atoms with E-state index >= 15 is 0 Å². The predicted molar refractivity (Wildman–Crippen MR) is 78.7 cm³/mol. The van der Waals surface area contributed by atoms with Crippen molar-refractivity contribution in [3.05, 3.63) is 70.9 Å². The molecular weight excluding hydrogens is 283 g/mol. The van der Waals surface area contributed by atoms with E-state index in [0.717, 1.165) is 11.1 Å². The van der Waals surface area contributed by atoms with Crippen LogP contribution in [0.2, 0.25) is 0 Å². The third-order valence-corrected chi connectivity index (χ3v) is 3.63. The maximum absolute atomic E-state index is 13.2. The minimum absolute atomic E-state index is 0.0533. The molecule has 1 aliphatic rings. The van der Waals surface area contributed by atoms with E-state index < -0.39 is 0 Å². The maximum Gasteiger partial charge on any atom is 0.205 e. The van der Waals surface area contributed by atoms with Crippen LogP contribution in [-0.4, -0.2) is 7.11 Å². The molecule has 0 spiro atoms. The molecule has 0 radical (unpaired) electrons. The van der Waals surface area contributed by atoms with Crippen molar-refractivity contribution in [1.82, 2.24) is 0 Å². The van der Waals surface area contributed by atoms with Gasteiger partial charge in [0.05, 0.1) is 13.0 Å². The van der Waals surface area contributed by atoms with Crippen LogP contribution in [0.1, 0.15) is 17.0 Å². The predicted octanol–water partition coefficient (Wildman–Crippen LogP) is 3.05. The first kappa shape index (κ1) is 14.0. The summed E-state index contributed by atoms with van der Waals surface area (Å²) < 4.78 is 23.9. The van der Waals surface area contributed by atoms with Crippen molar-refractivity contribution in [1.29, 1.82) is 5.26 Å². The fourth-order valence-electron chi connectivity index (χ4n) is 2.56. The number of hydrogen-bond acceptors (Lipinski definition) is 4. The molecule has 0 fully saturated rings.